The first-order valence-corrected chi connectivity index (χ1v) is 12.5. The topological polar surface area (TPSA) is 86.5 Å². The van der Waals surface area contributed by atoms with Crippen molar-refractivity contribution in [1.82, 2.24) is 10.3 Å². The zero-order valence-electron chi connectivity index (χ0n) is 20.6. The van der Waals surface area contributed by atoms with Crippen molar-refractivity contribution in [3.8, 4) is 11.5 Å². The average Bonchev–Trinajstić information content (AvgIpc) is 2.88. The van der Waals surface area contributed by atoms with Crippen LogP contribution in [0.4, 0.5) is 5.69 Å². The Kier molecular flexibility index (Phi) is 8.54. The van der Waals surface area contributed by atoms with Crippen LogP contribution >= 0.6 is 23.2 Å². The van der Waals surface area contributed by atoms with Gasteiger partial charge in [0.2, 0.25) is 5.91 Å². The molecule has 0 aliphatic carbocycles. The molecule has 4 aromatic rings. The number of aryl methyl sites for hydroxylation is 2. The predicted octanol–water partition coefficient (Wildman–Crippen LogP) is 6.53. The number of rotatable bonds is 9. The number of aromatic nitrogens is 1. The van der Waals surface area contributed by atoms with Crippen LogP contribution in [0, 0.1) is 13.8 Å². The predicted molar refractivity (Wildman–Crippen MR) is 150 cm³/mol. The number of hydrogen-bond acceptors (Lipinski definition) is 5. The third-order valence-corrected chi connectivity index (χ3v) is 6.45. The van der Waals surface area contributed by atoms with Crippen molar-refractivity contribution < 1.29 is 14.3 Å². The maximum atomic E-state index is 12.1. The Labute approximate surface area is 226 Å². The number of amides is 1. The third kappa shape index (κ3) is 6.73. The highest BCUT2D eigenvalue weighted by Gasteiger charge is 2.15. The van der Waals surface area contributed by atoms with Crippen LogP contribution in [-0.2, 0) is 11.4 Å². The van der Waals surface area contributed by atoms with Crippen LogP contribution in [0.3, 0.4) is 0 Å². The lowest BCUT2D eigenvalue weighted by atomic mass is 10.1. The maximum Gasteiger partial charge on any atom is 0.244 e. The Morgan fingerprint density at radius 1 is 1.00 bits per heavy atom. The van der Waals surface area contributed by atoms with Crippen molar-refractivity contribution in [2.24, 2.45) is 0 Å². The van der Waals surface area contributed by atoms with Gasteiger partial charge in [-0.2, -0.15) is 0 Å². The lowest BCUT2D eigenvalue weighted by molar-refractivity contribution is -0.116. The number of halogens is 2. The smallest absolute Gasteiger partial charge is 0.244 e. The number of pyridine rings is 1. The van der Waals surface area contributed by atoms with Gasteiger partial charge in [-0.05, 0) is 61.4 Å². The summed E-state index contributed by atoms with van der Waals surface area (Å²) in [6, 6.07) is 18.7. The summed E-state index contributed by atoms with van der Waals surface area (Å²) in [4.78, 5) is 16.7. The van der Waals surface area contributed by atoms with E-state index in [0.717, 1.165) is 27.7 Å². The molecule has 0 radical (unpaired) electrons. The maximum absolute atomic E-state index is 12.1. The molecule has 37 heavy (non-hydrogen) atoms. The molecule has 0 saturated carbocycles. The number of anilines is 1. The van der Waals surface area contributed by atoms with Crippen LogP contribution < -0.4 is 20.5 Å². The van der Waals surface area contributed by atoms with Crippen LogP contribution in [0.25, 0.3) is 17.0 Å². The molecule has 190 valence electrons. The standard InChI is InChI=1S/C29H27Cl2N3O3/c1-18-3-8-21-9-4-19(2)34-28(21)29(18)37-17-23-24(30)12-13-25(27(23)31)36-16-15-33-26(35)14-7-20-5-10-22(32)11-6-20/h3-14H,15-17,32H2,1-2H3,(H,33,35). The number of nitrogens with one attached hydrogen (secondary N) is 1. The molecule has 0 aliphatic heterocycles. The molecule has 0 bridgehead atoms. The van der Waals surface area contributed by atoms with E-state index < -0.39 is 0 Å². The van der Waals surface area contributed by atoms with Crippen molar-refractivity contribution in [1.29, 1.82) is 0 Å². The van der Waals surface area contributed by atoms with Gasteiger partial charge in [0, 0.05) is 33.4 Å². The van der Waals surface area contributed by atoms with Gasteiger partial charge in [-0.15, -0.1) is 0 Å². The fraction of sp³-hybridized carbons (Fsp3) is 0.172. The summed E-state index contributed by atoms with van der Waals surface area (Å²) < 4.78 is 12.0. The van der Waals surface area contributed by atoms with Crippen molar-refractivity contribution in [2.45, 2.75) is 20.5 Å². The second-order valence-electron chi connectivity index (χ2n) is 8.50. The lowest BCUT2D eigenvalue weighted by Crippen LogP contribution is -2.26. The summed E-state index contributed by atoms with van der Waals surface area (Å²) in [7, 11) is 0. The quantitative estimate of drug-likeness (QED) is 0.144. The highest BCUT2D eigenvalue weighted by molar-refractivity contribution is 6.36. The number of hydrogen-bond donors (Lipinski definition) is 2. The fourth-order valence-corrected chi connectivity index (χ4v) is 4.22. The molecule has 4 rings (SSSR count). The number of fused-ring (bicyclic) bond motifs is 1. The van der Waals surface area contributed by atoms with E-state index in [4.69, 9.17) is 38.4 Å². The van der Waals surface area contributed by atoms with Gasteiger partial charge < -0.3 is 20.5 Å². The Hall–Kier alpha value is -3.74. The van der Waals surface area contributed by atoms with E-state index in [1.807, 2.05) is 50.2 Å². The Balaban J connectivity index is 1.36. The minimum Gasteiger partial charge on any atom is -0.490 e. The Morgan fingerprint density at radius 3 is 2.54 bits per heavy atom. The van der Waals surface area contributed by atoms with Gasteiger partial charge in [-0.25, -0.2) is 4.98 Å². The van der Waals surface area contributed by atoms with Gasteiger partial charge in [-0.1, -0.05) is 53.5 Å². The van der Waals surface area contributed by atoms with E-state index in [-0.39, 0.29) is 19.1 Å². The van der Waals surface area contributed by atoms with E-state index in [1.54, 1.807) is 30.3 Å². The molecule has 0 spiro atoms. The molecule has 1 heterocycles. The fourth-order valence-electron chi connectivity index (χ4n) is 3.68. The number of ether oxygens (including phenoxy) is 2. The first-order chi connectivity index (χ1) is 17.8. The highest BCUT2D eigenvalue weighted by atomic mass is 35.5. The van der Waals surface area contributed by atoms with Gasteiger partial charge >= 0.3 is 0 Å². The first-order valence-electron chi connectivity index (χ1n) is 11.7. The lowest BCUT2D eigenvalue weighted by Gasteiger charge is -2.16. The van der Waals surface area contributed by atoms with Crippen molar-refractivity contribution >= 4 is 51.8 Å². The minimum atomic E-state index is -0.231. The van der Waals surface area contributed by atoms with Gasteiger partial charge in [-0.3, -0.25) is 4.79 Å². The van der Waals surface area contributed by atoms with E-state index >= 15 is 0 Å². The van der Waals surface area contributed by atoms with Crippen LogP contribution in [0.1, 0.15) is 22.4 Å². The summed E-state index contributed by atoms with van der Waals surface area (Å²) in [5.41, 5.74) is 10.5. The number of carbonyl (C=O) groups is 1. The summed E-state index contributed by atoms with van der Waals surface area (Å²) in [5, 5.41) is 4.61. The number of nitrogens with two attached hydrogens (primary N) is 1. The molecule has 3 N–H and O–H groups in total. The van der Waals surface area contributed by atoms with E-state index in [1.165, 1.54) is 6.08 Å². The summed E-state index contributed by atoms with van der Waals surface area (Å²) >= 11 is 13.1. The molecular weight excluding hydrogens is 509 g/mol. The summed E-state index contributed by atoms with van der Waals surface area (Å²) in [5.74, 6) is 0.917. The van der Waals surface area contributed by atoms with Crippen LogP contribution in [-0.4, -0.2) is 24.0 Å². The van der Waals surface area contributed by atoms with Gasteiger partial charge in [0.1, 0.15) is 30.2 Å². The molecular formula is C29H27Cl2N3O3. The number of nitrogen functional groups attached to an aromatic ring is 1. The summed E-state index contributed by atoms with van der Waals surface area (Å²) in [6.45, 7) is 4.60. The second-order valence-corrected chi connectivity index (χ2v) is 9.29. The number of benzene rings is 3. The normalized spacial score (nSPS) is 11.1. The number of carbonyl (C=O) groups excluding carboxylic acids is 1. The van der Waals surface area contributed by atoms with Gasteiger partial charge in [0.15, 0.2) is 0 Å². The third-order valence-electron chi connectivity index (χ3n) is 5.69. The van der Waals surface area contributed by atoms with Crippen LogP contribution in [0.2, 0.25) is 10.0 Å². The van der Waals surface area contributed by atoms with Crippen LogP contribution in [0.5, 0.6) is 11.5 Å². The average molecular weight is 536 g/mol. The molecule has 3 aromatic carbocycles. The Bertz CT molecular complexity index is 1450. The van der Waals surface area contributed by atoms with Crippen molar-refractivity contribution in [3.63, 3.8) is 0 Å². The molecule has 0 saturated heterocycles. The Morgan fingerprint density at radius 2 is 1.76 bits per heavy atom. The van der Waals surface area contributed by atoms with E-state index in [2.05, 4.69) is 10.3 Å². The SMILES string of the molecule is Cc1ccc2ccc(C)c(OCc3c(Cl)ccc(OCCNC(=O)C=Cc4ccc(N)cc4)c3Cl)c2n1. The molecule has 0 unspecified atom stereocenters. The molecule has 0 fully saturated rings. The molecule has 1 aromatic heterocycles. The van der Waals surface area contributed by atoms with E-state index in [0.29, 0.717) is 39.3 Å². The van der Waals surface area contributed by atoms with E-state index in [9.17, 15) is 4.79 Å². The van der Waals surface area contributed by atoms with Gasteiger partial charge in [0.05, 0.1) is 11.6 Å². The van der Waals surface area contributed by atoms with Crippen molar-refractivity contribution in [2.75, 3.05) is 18.9 Å². The van der Waals surface area contributed by atoms with Crippen molar-refractivity contribution in [3.05, 3.63) is 99.2 Å². The van der Waals surface area contributed by atoms with Gasteiger partial charge in [0.25, 0.3) is 0 Å². The molecule has 8 heteroatoms. The zero-order chi connectivity index (χ0) is 26.4. The summed E-state index contributed by atoms with van der Waals surface area (Å²) in [6.07, 6.45) is 3.17. The monoisotopic (exact) mass is 535 g/mol. The zero-order valence-corrected chi connectivity index (χ0v) is 22.1. The first kappa shape index (κ1) is 26.3. The highest BCUT2D eigenvalue weighted by Crippen LogP contribution is 2.36. The molecule has 0 aliphatic rings. The second kappa shape index (κ2) is 12.0. The number of nitrogens with zero attached hydrogens (tertiary/aromatic N) is 1. The largest absolute Gasteiger partial charge is 0.490 e. The minimum absolute atomic E-state index is 0.150. The molecule has 6 nitrogen and oxygen atoms in total. The molecule has 0 atom stereocenters. The van der Waals surface area contributed by atoms with Crippen LogP contribution in [0.15, 0.2) is 66.7 Å². The molecule has 1 amide bonds.